The number of hydrogen-bond acceptors (Lipinski definition) is 2. The van der Waals surface area contributed by atoms with E-state index in [4.69, 9.17) is 0 Å². The van der Waals surface area contributed by atoms with Gasteiger partial charge in [-0.25, -0.2) is 0 Å². The quantitative estimate of drug-likeness (QED) is 0.850. The van der Waals surface area contributed by atoms with Gasteiger partial charge in [0.1, 0.15) is 0 Å². The van der Waals surface area contributed by atoms with Crippen LogP contribution in [0.3, 0.4) is 0 Å². The summed E-state index contributed by atoms with van der Waals surface area (Å²) in [5.41, 5.74) is 0. The number of rotatable bonds is 4. The standard InChI is InChI=1S/C10H13F2NOS/c1-6(13-10(14)9(11)12)5-8-4-3-7(2)15-8/h3-4,6,9H,5H2,1-2H3,(H,13,14). The monoisotopic (exact) mass is 233 g/mol. The zero-order valence-electron chi connectivity index (χ0n) is 8.59. The van der Waals surface area contributed by atoms with Gasteiger partial charge < -0.3 is 5.32 Å². The maximum absolute atomic E-state index is 11.9. The molecule has 0 spiro atoms. The van der Waals surface area contributed by atoms with Crippen molar-refractivity contribution in [2.75, 3.05) is 0 Å². The molecule has 0 fully saturated rings. The van der Waals surface area contributed by atoms with Gasteiger partial charge in [-0.2, -0.15) is 8.78 Å². The fourth-order valence-electron chi connectivity index (χ4n) is 1.25. The molecule has 0 saturated carbocycles. The Labute approximate surface area is 91.3 Å². The molecular weight excluding hydrogens is 220 g/mol. The molecule has 0 radical (unpaired) electrons. The smallest absolute Gasteiger partial charge is 0.315 e. The third-order valence-corrected chi connectivity index (χ3v) is 2.91. The second-order valence-corrected chi connectivity index (χ2v) is 4.80. The summed E-state index contributed by atoms with van der Waals surface area (Å²) >= 11 is 1.61. The molecule has 0 saturated heterocycles. The van der Waals surface area contributed by atoms with Crippen molar-refractivity contribution in [1.29, 1.82) is 0 Å². The van der Waals surface area contributed by atoms with Gasteiger partial charge in [-0.3, -0.25) is 4.79 Å². The zero-order chi connectivity index (χ0) is 11.4. The normalized spacial score (nSPS) is 12.9. The Morgan fingerprint density at radius 2 is 2.20 bits per heavy atom. The predicted molar refractivity (Wildman–Crippen MR) is 56.4 cm³/mol. The molecule has 0 aliphatic rings. The van der Waals surface area contributed by atoms with Crippen molar-refractivity contribution < 1.29 is 13.6 Å². The predicted octanol–water partition coefficient (Wildman–Crippen LogP) is 2.37. The third kappa shape index (κ3) is 3.95. The summed E-state index contributed by atoms with van der Waals surface area (Å²) in [5.74, 6) is -1.20. The van der Waals surface area contributed by atoms with Crippen LogP contribution in [0.15, 0.2) is 12.1 Å². The van der Waals surface area contributed by atoms with Gasteiger partial charge >= 0.3 is 6.43 Å². The Balaban J connectivity index is 2.42. The second kappa shape index (κ2) is 5.21. The maximum Gasteiger partial charge on any atom is 0.315 e. The molecular formula is C10H13F2NOS. The Bertz CT molecular complexity index is 338. The van der Waals surface area contributed by atoms with E-state index in [0.717, 1.165) is 4.88 Å². The molecule has 1 rings (SSSR count). The van der Waals surface area contributed by atoms with E-state index in [2.05, 4.69) is 5.32 Å². The molecule has 1 amide bonds. The first-order valence-electron chi connectivity index (χ1n) is 4.63. The number of alkyl halides is 2. The number of aryl methyl sites for hydroxylation is 1. The fourth-order valence-corrected chi connectivity index (χ4v) is 2.27. The fraction of sp³-hybridized carbons (Fsp3) is 0.500. The van der Waals surface area contributed by atoms with Crippen LogP contribution in [0.2, 0.25) is 0 Å². The van der Waals surface area contributed by atoms with Gasteiger partial charge in [-0.15, -0.1) is 11.3 Å². The topological polar surface area (TPSA) is 29.1 Å². The van der Waals surface area contributed by atoms with Crippen LogP contribution < -0.4 is 5.32 Å². The van der Waals surface area contributed by atoms with E-state index in [0.29, 0.717) is 6.42 Å². The first-order valence-corrected chi connectivity index (χ1v) is 5.44. The van der Waals surface area contributed by atoms with E-state index in [1.807, 2.05) is 19.1 Å². The summed E-state index contributed by atoms with van der Waals surface area (Å²) in [4.78, 5) is 13.0. The van der Waals surface area contributed by atoms with E-state index in [1.54, 1.807) is 18.3 Å². The third-order valence-electron chi connectivity index (χ3n) is 1.89. The van der Waals surface area contributed by atoms with Crippen LogP contribution in [-0.4, -0.2) is 18.4 Å². The highest BCUT2D eigenvalue weighted by atomic mass is 32.1. The van der Waals surface area contributed by atoms with Gasteiger partial charge in [0.15, 0.2) is 0 Å². The lowest BCUT2D eigenvalue weighted by atomic mass is 10.2. The number of hydrogen-bond donors (Lipinski definition) is 1. The molecule has 1 aromatic rings. The summed E-state index contributed by atoms with van der Waals surface area (Å²) in [6, 6.07) is 3.66. The molecule has 84 valence electrons. The SMILES string of the molecule is Cc1ccc(CC(C)NC(=O)C(F)F)s1. The minimum Gasteiger partial charge on any atom is -0.348 e. The zero-order valence-corrected chi connectivity index (χ0v) is 9.41. The average Bonchev–Trinajstić information content (AvgIpc) is 2.50. The molecule has 1 N–H and O–H groups in total. The van der Waals surface area contributed by atoms with Crippen molar-refractivity contribution in [2.24, 2.45) is 0 Å². The second-order valence-electron chi connectivity index (χ2n) is 3.43. The van der Waals surface area contributed by atoms with Crippen molar-refractivity contribution in [1.82, 2.24) is 5.32 Å². The summed E-state index contributed by atoms with van der Waals surface area (Å²) in [7, 11) is 0. The van der Waals surface area contributed by atoms with E-state index >= 15 is 0 Å². The van der Waals surface area contributed by atoms with Crippen LogP contribution in [0.25, 0.3) is 0 Å². The number of amides is 1. The number of thiophene rings is 1. The molecule has 1 atom stereocenters. The molecule has 0 aromatic carbocycles. The van der Waals surface area contributed by atoms with E-state index < -0.39 is 12.3 Å². The van der Waals surface area contributed by atoms with Gasteiger partial charge in [0, 0.05) is 22.2 Å². The Morgan fingerprint density at radius 1 is 1.53 bits per heavy atom. The first kappa shape index (κ1) is 12.1. The van der Waals surface area contributed by atoms with Gasteiger partial charge in [0.05, 0.1) is 0 Å². The summed E-state index contributed by atoms with van der Waals surface area (Å²) in [6.07, 6.45) is -2.34. The van der Waals surface area contributed by atoms with Crippen LogP contribution >= 0.6 is 11.3 Å². The van der Waals surface area contributed by atoms with Crippen molar-refractivity contribution in [3.05, 3.63) is 21.9 Å². The molecule has 1 unspecified atom stereocenters. The number of halogens is 2. The Kier molecular flexibility index (Phi) is 4.20. The molecule has 15 heavy (non-hydrogen) atoms. The highest BCUT2D eigenvalue weighted by Gasteiger charge is 2.17. The number of carbonyl (C=O) groups is 1. The van der Waals surface area contributed by atoms with Crippen LogP contribution in [0.1, 0.15) is 16.7 Å². The van der Waals surface area contributed by atoms with E-state index in [1.165, 1.54) is 4.88 Å². The highest BCUT2D eigenvalue weighted by molar-refractivity contribution is 7.11. The largest absolute Gasteiger partial charge is 0.348 e. The molecule has 0 aliphatic carbocycles. The number of nitrogens with one attached hydrogen (secondary N) is 1. The van der Waals surface area contributed by atoms with Crippen molar-refractivity contribution in [3.8, 4) is 0 Å². The lowest BCUT2D eigenvalue weighted by Crippen LogP contribution is -2.37. The minimum atomic E-state index is -2.93. The van der Waals surface area contributed by atoms with Gasteiger partial charge in [-0.1, -0.05) is 0 Å². The lowest BCUT2D eigenvalue weighted by molar-refractivity contribution is -0.132. The maximum atomic E-state index is 11.9. The van der Waals surface area contributed by atoms with Gasteiger partial charge in [0.25, 0.3) is 5.91 Å². The molecule has 0 aliphatic heterocycles. The Morgan fingerprint density at radius 3 is 2.67 bits per heavy atom. The van der Waals surface area contributed by atoms with Crippen molar-refractivity contribution in [3.63, 3.8) is 0 Å². The van der Waals surface area contributed by atoms with Crippen molar-refractivity contribution >= 4 is 17.2 Å². The van der Waals surface area contributed by atoms with E-state index in [-0.39, 0.29) is 6.04 Å². The summed E-state index contributed by atoms with van der Waals surface area (Å²) in [6.45, 7) is 3.70. The average molecular weight is 233 g/mol. The van der Waals surface area contributed by atoms with Gasteiger partial charge in [-0.05, 0) is 26.0 Å². The van der Waals surface area contributed by atoms with Crippen molar-refractivity contribution in [2.45, 2.75) is 32.7 Å². The summed E-state index contributed by atoms with van der Waals surface area (Å²) in [5, 5.41) is 2.25. The van der Waals surface area contributed by atoms with Crippen LogP contribution in [0.4, 0.5) is 8.78 Å². The van der Waals surface area contributed by atoms with E-state index in [9.17, 15) is 13.6 Å². The molecule has 0 bridgehead atoms. The first-order chi connectivity index (χ1) is 6.99. The molecule has 5 heteroatoms. The lowest BCUT2D eigenvalue weighted by Gasteiger charge is -2.12. The number of carbonyl (C=O) groups excluding carboxylic acids is 1. The Hall–Kier alpha value is -0.970. The van der Waals surface area contributed by atoms with Crippen LogP contribution in [-0.2, 0) is 11.2 Å². The molecule has 1 heterocycles. The molecule has 1 aromatic heterocycles. The van der Waals surface area contributed by atoms with Crippen LogP contribution in [0, 0.1) is 6.92 Å². The minimum absolute atomic E-state index is 0.260. The summed E-state index contributed by atoms with van der Waals surface area (Å²) < 4.78 is 23.8. The molecule has 2 nitrogen and oxygen atoms in total. The van der Waals surface area contributed by atoms with Crippen LogP contribution in [0.5, 0.6) is 0 Å². The highest BCUT2D eigenvalue weighted by Crippen LogP contribution is 2.16. The van der Waals surface area contributed by atoms with Gasteiger partial charge in [0.2, 0.25) is 0 Å².